The Balaban J connectivity index is 0.000000686. The summed E-state index contributed by atoms with van der Waals surface area (Å²) in [4.78, 5) is 16.1. The van der Waals surface area contributed by atoms with Gasteiger partial charge in [-0.2, -0.15) is 0 Å². The van der Waals surface area contributed by atoms with Gasteiger partial charge in [0.05, 0.1) is 12.3 Å². The van der Waals surface area contributed by atoms with E-state index in [1.54, 1.807) is 0 Å². The number of aromatic nitrogens is 1. The zero-order chi connectivity index (χ0) is 12.9. The van der Waals surface area contributed by atoms with Gasteiger partial charge in [0.2, 0.25) is 0 Å². The monoisotopic (exact) mass is 299 g/mol. The van der Waals surface area contributed by atoms with Gasteiger partial charge in [0.25, 0.3) is 0 Å². The first-order valence-electron chi connectivity index (χ1n) is 5.99. The lowest BCUT2D eigenvalue weighted by Crippen LogP contribution is -2.24. The zero-order valence-corrected chi connectivity index (χ0v) is 12.1. The molecule has 1 heterocycles. The maximum Gasteiger partial charge on any atom is 0.318 e. The van der Waals surface area contributed by atoms with E-state index in [4.69, 9.17) is 4.74 Å². The summed E-state index contributed by atoms with van der Waals surface area (Å²) in [6.07, 6.45) is 1.69. The second-order valence-corrected chi connectivity index (χ2v) is 4.46. The summed E-state index contributed by atoms with van der Waals surface area (Å²) in [6.45, 7) is 6.25. The van der Waals surface area contributed by atoms with Crippen LogP contribution in [0.5, 0.6) is 0 Å². The van der Waals surface area contributed by atoms with Gasteiger partial charge >= 0.3 is 5.97 Å². The molecular formula is C13H18BrNO2. The topological polar surface area (TPSA) is 39.2 Å². The van der Waals surface area contributed by atoms with E-state index in [-0.39, 0.29) is 5.97 Å². The Morgan fingerprint density at radius 1 is 1.47 bits per heavy atom. The quantitative estimate of drug-likeness (QED) is 0.634. The van der Waals surface area contributed by atoms with Crippen molar-refractivity contribution in [1.29, 1.82) is 0 Å². The molecule has 1 fully saturated rings. The summed E-state index contributed by atoms with van der Waals surface area (Å²) < 4.78 is 5.83. The molecule has 1 aromatic heterocycles. The summed E-state index contributed by atoms with van der Waals surface area (Å²) >= 11 is 3.31. The average molecular weight is 300 g/mol. The van der Waals surface area contributed by atoms with Crippen LogP contribution in [0.15, 0.2) is 22.8 Å². The number of hydrogen-bond donors (Lipinski definition) is 0. The lowest BCUT2D eigenvalue weighted by molar-refractivity contribution is -0.146. The van der Waals surface area contributed by atoms with Crippen molar-refractivity contribution in [2.45, 2.75) is 39.0 Å². The molecule has 1 aliphatic rings. The van der Waals surface area contributed by atoms with Gasteiger partial charge in [0.15, 0.2) is 0 Å². The van der Waals surface area contributed by atoms with Crippen molar-refractivity contribution in [2.24, 2.45) is 0 Å². The minimum absolute atomic E-state index is 0.143. The predicted octanol–water partition coefficient (Wildman–Crippen LogP) is 3.47. The molecule has 1 saturated carbocycles. The van der Waals surface area contributed by atoms with Crippen LogP contribution in [0.4, 0.5) is 0 Å². The minimum Gasteiger partial charge on any atom is -0.465 e. The van der Waals surface area contributed by atoms with Gasteiger partial charge in [0, 0.05) is 0 Å². The molecule has 0 atom stereocenters. The van der Waals surface area contributed by atoms with Crippen LogP contribution in [0.3, 0.4) is 0 Å². The van der Waals surface area contributed by atoms with Crippen molar-refractivity contribution >= 4 is 21.9 Å². The van der Waals surface area contributed by atoms with Gasteiger partial charge in [-0.1, -0.05) is 19.9 Å². The van der Waals surface area contributed by atoms with Crippen molar-refractivity contribution in [2.75, 3.05) is 6.61 Å². The molecule has 4 heteroatoms. The Hall–Kier alpha value is -0.900. The number of esters is 1. The Kier molecular flexibility index (Phi) is 5.12. The van der Waals surface area contributed by atoms with Gasteiger partial charge in [-0.15, -0.1) is 0 Å². The van der Waals surface area contributed by atoms with E-state index in [2.05, 4.69) is 20.9 Å². The van der Waals surface area contributed by atoms with E-state index >= 15 is 0 Å². The van der Waals surface area contributed by atoms with Crippen LogP contribution < -0.4 is 0 Å². The number of rotatable bonds is 3. The van der Waals surface area contributed by atoms with Crippen molar-refractivity contribution < 1.29 is 9.53 Å². The van der Waals surface area contributed by atoms with Gasteiger partial charge in [-0.25, -0.2) is 4.98 Å². The fourth-order valence-corrected chi connectivity index (χ4v) is 1.98. The van der Waals surface area contributed by atoms with Crippen LogP contribution in [-0.2, 0) is 14.9 Å². The highest BCUT2D eigenvalue weighted by atomic mass is 79.9. The molecule has 0 unspecified atom stereocenters. The normalized spacial score (nSPS) is 15.5. The fraction of sp³-hybridized carbons (Fsp3) is 0.538. The first kappa shape index (κ1) is 14.2. The molecule has 2 rings (SSSR count). The Bertz CT molecular complexity index is 389. The molecule has 0 aliphatic heterocycles. The number of nitrogens with zero attached hydrogens (tertiary/aromatic N) is 1. The van der Waals surface area contributed by atoms with E-state index in [0.717, 1.165) is 23.1 Å². The highest BCUT2D eigenvalue weighted by Gasteiger charge is 2.54. The number of carbonyl (C=O) groups is 1. The highest BCUT2D eigenvalue weighted by molar-refractivity contribution is 9.10. The predicted molar refractivity (Wildman–Crippen MR) is 70.8 cm³/mol. The maximum atomic E-state index is 11.8. The number of hydrogen-bond acceptors (Lipinski definition) is 3. The number of pyridine rings is 1. The van der Waals surface area contributed by atoms with Crippen LogP contribution in [0.1, 0.15) is 39.3 Å². The smallest absolute Gasteiger partial charge is 0.318 e. The molecule has 0 radical (unpaired) electrons. The van der Waals surface area contributed by atoms with Gasteiger partial charge in [-0.05, 0) is 47.8 Å². The molecule has 0 spiro atoms. The van der Waals surface area contributed by atoms with Gasteiger partial charge < -0.3 is 4.74 Å². The molecule has 3 nitrogen and oxygen atoms in total. The first-order valence-corrected chi connectivity index (χ1v) is 6.78. The number of halogens is 1. The molecule has 1 aliphatic carbocycles. The molecule has 0 saturated heterocycles. The molecule has 1 aromatic rings. The number of carbonyl (C=O) groups excluding carboxylic acids is 1. The summed E-state index contributed by atoms with van der Waals surface area (Å²) in [5, 5.41) is 0. The standard InChI is InChI=1S/C11H12BrNO2.C2H6/c1-2-15-10(14)11(6-7-11)8-4-3-5-9(12)13-8;1-2/h3-5H,2,6-7H2,1H3;1-2H3. The van der Waals surface area contributed by atoms with Gasteiger partial charge in [-0.3, -0.25) is 4.79 Å². The van der Waals surface area contributed by atoms with Crippen molar-refractivity contribution in [3.8, 4) is 0 Å². The third kappa shape index (κ3) is 3.06. The van der Waals surface area contributed by atoms with Crippen LogP contribution in [0, 0.1) is 0 Å². The van der Waals surface area contributed by atoms with Gasteiger partial charge in [0.1, 0.15) is 10.0 Å². The maximum absolute atomic E-state index is 11.8. The molecule has 0 N–H and O–H groups in total. The van der Waals surface area contributed by atoms with Crippen molar-refractivity contribution in [3.63, 3.8) is 0 Å². The van der Waals surface area contributed by atoms with E-state index in [9.17, 15) is 4.79 Å². The second-order valence-electron chi connectivity index (χ2n) is 3.65. The van der Waals surface area contributed by atoms with E-state index in [1.165, 1.54) is 0 Å². The van der Waals surface area contributed by atoms with Crippen molar-refractivity contribution in [3.05, 3.63) is 28.5 Å². The van der Waals surface area contributed by atoms with E-state index < -0.39 is 5.41 Å². The zero-order valence-electron chi connectivity index (χ0n) is 10.5. The van der Waals surface area contributed by atoms with Crippen LogP contribution in [0.2, 0.25) is 0 Å². The van der Waals surface area contributed by atoms with Crippen LogP contribution in [0.25, 0.3) is 0 Å². The van der Waals surface area contributed by atoms with Crippen LogP contribution >= 0.6 is 15.9 Å². The molecule has 0 aromatic carbocycles. The summed E-state index contributed by atoms with van der Waals surface area (Å²) in [5.74, 6) is -0.143. The SMILES string of the molecule is CC.CCOC(=O)C1(c2cccc(Br)n2)CC1. The van der Waals surface area contributed by atoms with E-state index in [1.807, 2.05) is 39.0 Å². The molecule has 17 heavy (non-hydrogen) atoms. The fourth-order valence-electron chi connectivity index (χ4n) is 1.63. The summed E-state index contributed by atoms with van der Waals surface area (Å²) in [7, 11) is 0. The third-order valence-electron chi connectivity index (χ3n) is 2.62. The highest BCUT2D eigenvalue weighted by Crippen LogP contribution is 2.48. The van der Waals surface area contributed by atoms with E-state index in [0.29, 0.717) is 6.61 Å². The Labute approximate surface area is 111 Å². The lowest BCUT2D eigenvalue weighted by Gasteiger charge is -2.12. The van der Waals surface area contributed by atoms with Crippen LogP contribution in [-0.4, -0.2) is 17.6 Å². The minimum atomic E-state index is -0.459. The second kappa shape index (κ2) is 6.15. The Morgan fingerprint density at radius 3 is 2.59 bits per heavy atom. The third-order valence-corrected chi connectivity index (χ3v) is 3.06. The summed E-state index contributed by atoms with van der Waals surface area (Å²) in [5.41, 5.74) is 0.357. The largest absolute Gasteiger partial charge is 0.465 e. The summed E-state index contributed by atoms with van der Waals surface area (Å²) in [6, 6.07) is 5.63. The molecule has 0 bridgehead atoms. The molecular weight excluding hydrogens is 282 g/mol. The lowest BCUT2D eigenvalue weighted by atomic mass is 10.0. The average Bonchev–Trinajstić information content (AvgIpc) is 3.13. The van der Waals surface area contributed by atoms with Crippen molar-refractivity contribution in [1.82, 2.24) is 4.98 Å². The first-order chi connectivity index (χ1) is 8.19. The molecule has 0 amide bonds. The number of ether oxygens (including phenoxy) is 1. The Morgan fingerprint density at radius 2 is 2.12 bits per heavy atom. The molecule has 94 valence electrons.